The van der Waals surface area contributed by atoms with Crippen molar-refractivity contribution in [1.82, 2.24) is 0 Å². The summed E-state index contributed by atoms with van der Waals surface area (Å²) >= 11 is 0. The fourth-order valence-electron chi connectivity index (χ4n) is 1.96. The third kappa shape index (κ3) is 3.51. The van der Waals surface area contributed by atoms with Gasteiger partial charge in [0, 0.05) is 30.9 Å². The first-order chi connectivity index (χ1) is 9.20. The van der Waals surface area contributed by atoms with Crippen molar-refractivity contribution < 1.29 is 8.78 Å². The lowest BCUT2D eigenvalue weighted by molar-refractivity contribution is 0.603. The molecule has 0 aliphatic rings. The summed E-state index contributed by atoms with van der Waals surface area (Å²) in [6.07, 6.45) is 0. The second-order valence-electron chi connectivity index (χ2n) is 4.28. The van der Waals surface area contributed by atoms with Crippen LogP contribution in [0.25, 0.3) is 0 Å². The number of nitrogens with two attached hydrogens (primary N) is 1. The molecule has 0 saturated carbocycles. The monoisotopic (exact) mass is 262 g/mol. The number of rotatable bonds is 5. The van der Waals surface area contributed by atoms with Crippen molar-refractivity contribution in [2.45, 2.75) is 6.54 Å². The summed E-state index contributed by atoms with van der Waals surface area (Å²) in [6, 6.07) is 12.8. The summed E-state index contributed by atoms with van der Waals surface area (Å²) in [5.41, 5.74) is 6.84. The second kappa shape index (κ2) is 6.29. The van der Waals surface area contributed by atoms with E-state index >= 15 is 0 Å². The van der Waals surface area contributed by atoms with Gasteiger partial charge in [0.05, 0.1) is 0 Å². The molecule has 0 radical (unpaired) electrons. The molecule has 0 bridgehead atoms. The van der Waals surface area contributed by atoms with E-state index < -0.39 is 0 Å². The molecule has 0 heterocycles. The van der Waals surface area contributed by atoms with Gasteiger partial charge in [-0.15, -0.1) is 0 Å². The Kier molecular flexibility index (Phi) is 4.47. The first-order valence-electron chi connectivity index (χ1n) is 6.14. The maximum Gasteiger partial charge on any atom is 0.128 e. The maximum atomic E-state index is 13.7. The van der Waals surface area contributed by atoms with Crippen molar-refractivity contribution in [2.75, 3.05) is 18.0 Å². The molecular weight excluding hydrogens is 246 g/mol. The van der Waals surface area contributed by atoms with Gasteiger partial charge in [0.2, 0.25) is 0 Å². The quantitative estimate of drug-likeness (QED) is 0.897. The average molecular weight is 262 g/mol. The number of hydrogen-bond acceptors (Lipinski definition) is 2. The molecule has 0 saturated heterocycles. The number of halogens is 2. The van der Waals surface area contributed by atoms with Crippen molar-refractivity contribution in [2.24, 2.45) is 5.73 Å². The predicted molar refractivity (Wildman–Crippen MR) is 72.9 cm³/mol. The summed E-state index contributed by atoms with van der Waals surface area (Å²) < 4.78 is 26.9. The van der Waals surface area contributed by atoms with Gasteiger partial charge < -0.3 is 10.6 Å². The Morgan fingerprint density at radius 3 is 2.47 bits per heavy atom. The second-order valence-corrected chi connectivity index (χ2v) is 4.28. The number of anilines is 1. The first kappa shape index (κ1) is 13.5. The Labute approximate surface area is 111 Å². The molecule has 2 nitrogen and oxygen atoms in total. The molecule has 0 spiro atoms. The standard InChI is InChI=1S/C15H16F2N2/c16-13-5-3-6-14(10-13)19(9-8-18)11-12-4-1-2-7-15(12)17/h1-7,10H,8-9,11,18H2. The summed E-state index contributed by atoms with van der Waals surface area (Å²) in [6.45, 7) is 1.33. The summed E-state index contributed by atoms with van der Waals surface area (Å²) in [5.74, 6) is -0.575. The van der Waals surface area contributed by atoms with Gasteiger partial charge in [0.15, 0.2) is 0 Å². The van der Waals surface area contributed by atoms with Gasteiger partial charge in [-0.25, -0.2) is 8.78 Å². The van der Waals surface area contributed by atoms with E-state index in [1.807, 2.05) is 4.90 Å². The Morgan fingerprint density at radius 1 is 1.00 bits per heavy atom. The molecule has 0 unspecified atom stereocenters. The zero-order valence-corrected chi connectivity index (χ0v) is 10.5. The van der Waals surface area contributed by atoms with Gasteiger partial charge in [-0.05, 0) is 24.3 Å². The first-order valence-corrected chi connectivity index (χ1v) is 6.14. The molecule has 2 rings (SSSR count). The lowest BCUT2D eigenvalue weighted by Gasteiger charge is -2.24. The number of benzene rings is 2. The minimum absolute atomic E-state index is 0.263. The minimum atomic E-state index is -0.312. The van der Waals surface area contributed by atoms with E-state index in [-0.39, 0.29) is 11.6 Å². The van der Waals surface area contributed by atoms with Crippen molar-refractivity contribution in [1.29, 1.82) is 0 Å². The van der Waals surface area contributed by atoms with Crippen molar-refractivity contribution in [3.05, 3.63) is 65.7 Å². The van der Waals surface area contributed by atoms with Crippen LogP contribution in [0.15, 0.2) is 48.5 Å². The van der Waals surface area contributed by atoms with Crippen molar-refractivity contribution in [3.8, 4) is 0 Å². The van der Waals surface area contributed by atoms with Crippen LogP contribution in [0.2, 0.25) is 0 Å². The van der Waals surface area contributed by atoms with Crippen LogP contribution >= 0.6 is 0 Å². The maximum absolute atomic E-state index is 13.7. The highest BCUT2D eigenvalue weighted by Gasteiger charge is 2.10. The molecule has 0 fully saturated rings. The summed E-state index contributed by atoms with van der Waals surface area (Å²) in [7, 11) is 0. The Balaban J connectivity index is 2.24. The van der Waals surface area contributed by atoms with Crippen molar-refractivity contribution >= 4 is 5.69 Å². The van der Waals surface area contributed by atoms with E-state index in [4.69, 9.17) is 5.73 Å². The van der Waals surface area contributed by atoms with Crippen LogP contribution in [0, 0.1) is 11.6 Å². The van der Waals surface area contributed by atoms with Gasteiger partial charge in [-0.3, -0.25) is 0 Å². The zero-order chi connectivity index (χ0) is 13.7. The molecule has 2 aromatic rings. The third-order valence-corrected chi connectivity index (χ3v) is 2.89. The lowest BCUT2D eigenvalue weighted by atomic mass is 10.2. The smallest absolute Gasteiger partial charge is 0.128 e. The average Bonchev–Trinajstić information content (AvgIpc) is 2.40. The molecule has 0 atom stereocenters. The largest absolute Gasteiger partial charge is 0.366 e. The van der Waals surface area contributed by atoms with E-state index in [0.717, 1.165) is 0 Å². The van der Waals surface area contributed by atoms with E-state index in [9.17, 15) is 8.78 Å². The molecule has 0 aromatic heterocycles. The highest BCUT2D eigenvalue weighted by molar-refractivity contribution is 5.47. The van der Waals surface area contributed by atoms with Gasteiger partial charge in [0.25, 0.3) is 0 Å². The van der Waals surface area contributed by atoms with Crippen LogP contribution in [-0.4, -0.2) is 13.1 Å². The summed E-state index contributed by atoms with van der Waals surface area (Å²) in [5, 5.41) is 0. The highest BCUT2D eigenvalue weighted by atomic mass is 19.1. The molecule has 0 amide bonds. The van der Waals surface area contributed by atoms with Crippen LogP contribution in [0.1, 0.15) is 5.56 Å². The molecular formula is C15H16F2N2. The number of hydrogen-bond donors (Lipinski definition) is 1. The van der Waals surface area contributed by atoms with Gasteiger partial charge in [0.1, 0.15) is 11.6 Å². The van der Waals surface area contributed by atoms with Crippen molar-refractivity contribution in [3.63, 3.8) is 0 Å². The minimum Gasteiger partial charge on any atom is -0.366 e. The molecule has 0 aliphatic heterocycles. The summed E-state index contributed by atoms with van der Waals surface area (Å²) in [4.78, 5) is 1.86. The fourth-order valence-corrected chi connectivity index (χ4v) is 1.96. The molecule has 2 N–H and O–H groups in total. The Hall–Kier alpha value is -1.94. The van der Waals surface area contributed by atoms with E-state index in [2.05, 4.69) is 0 Å². The predicted octanol–water partition coefficient (Wildman–Crippen LogP) is 2.93. The number of nitrogens with zero attached hydrogens (tertiary/aromatic N) is 1. The Morgan fingerprint density at radius 2 is 1.79 bits per heavy atom. The topological polar surface area (TPSA) is 29.3 Å². The van der Waals surface area contributed by atoms with E-state index in [0.29, 0.717) is 30.9 Å². The van der Waals surface area contributed by atoms with Crippen LogP contribution in [-0.2, 0) is 6.54 Å². The molecule has 4 heteroatoms. The molecule has 0 aliphatic carbocycles. The van der Waals surface area contributed by atoms with Gasteiger partial charge in [-0.1, -0.05) is 24.3 Å². The highest BCUT2D eigenvalue weighted by Crippen LogP contribution is 2.19. The van der Waals surface area contributed by atoms with Gasteiger partial charge >= 0.3 is 0 Å². The molecule has 19 heavy (non-hydrogen) atoms. The normalized spacial score (nSPS) is 10.5. The van der Waals surface area contributed by atoms with Gasteiger partial charge in [-0.2, -0.15) is 0 Å². The zero-order valence-electron chi connectivity index (χ0n) is 10.5. The molecule has 100 valence electrons. The van der Waals surface area contributed by atoms with Crippen LogP contribution in [0.4, 0.5) is 14.5 Å². The lowest BCUT2D eigenvalue weighted by Crippen LogP contribution is -2.29. The third-order valence-electron chi connectivity index (χ3n) is 2.89. The van der Waals surface area contributed by atoms with Crippen LogP contribution in [0.3, 0.4) is 0 Å². The van der Waals surface area contributed by atoms with E-state index in [1.54, 1.807) is 30.3 Å². The SMILES string of the molecule is NCCN(Cc1ccccc1F)c1cccc(F)c1. The van der Waals surface area contributed by atoms with E-state index in [1.165, 1.54) is 18.2 Å². The van der Waals surface area contributed by atoms with Crippen LogP contribution in [0.5, 0.6) is 0 Å². The fraction of sp³-hybridized carbons (Fsp3) is 0.200. The molecule has 2 aromatic carbocycles. The van der Waals surface area contributed by atoms with Crippen LogP contribution < -0.4 is 10.6 Å². The Bertz CT molecular complexity index is 543.